The molecule has 3 aromatic rings. The molecule has 5 nitrogen and oxygen atoms in total. The predicted molar refractivity (Wildman–Crippen MR) is 114 cm³/mol. The van der Waals surface area contributed by atoms with Crippen LogP contribution in [-0.2, 0) is 11.8 Å². The SMILES string of the molecule is CC1CCN(C(=O)CSc2nc3scc(-c4cccs4)c3c(=O)n2C)CC1. The third-order valence-electron chi connectivity index (χ3n) is 5.02. The fraction of sp³-hybridized carbons (Fsp3) is 0.421. The lowest BCUT2D eigenvalue weighted by Crippen LogP contribution is -2.39. The van der Waals surface area contributed by atoms with E-state index in [9.17, 15) is 9.59 Å². The number of rotatable bonds is 4. The van der Waals surface area contributed by atoms with Crippen molar-refractivity contribution in [2.45, 2.75) is 24.9 Å². The van der Waals surface area contributed by atoms with Gasteiger partial charge in [-0.25, -0.2) is 4.98 Å². The lowest BCUT2D eigenvalue weighted by Gasteiger charge is -2.30. The van der Waals surface area contributed by atoms with Gasteiger partial charge in [-0.3, -0.25) is 14.2 Å². The van der Waals surface area contributed by atoms with Crippen molar-refractivity contribution in [3.63, 3.8) is 0 Å². The zero-order valence-corrected chi connectivity index (χ0v) is 17.8. The van der Waals surface area contributed by atoms with E-state index in [0.717, 1.165) is 41.2 Å². The molecule has 1 saturated heterocycles. The smallest absolute Gasteiger partial charge is 0.263 e. The van der Waals surface area contributed by atoms with Crippen molar-refractivity contribution >= 4 is 50.6 Å². The van der Waals surface area contributed by atoms with Gasteiger partial charge in [0, 0.05) is 36.0 Å². The van der Waals surface area contributed by atoms with Crippen LogP contribution in [0.2, 0.25) is 0 Å². The van der Waals surface area contributed by atoms with Gasteiger partial charge in [0.2, 0.25) is 5.91 Å². The van der Waals surface area contributed by atoms with Crippen molar-refractivity contribution in [1.29, 1.82) is 0 Å². The number of hydrogen-bond donors (Lipinski definition) is 0. The van der Waals surface area contributed by atoms with Gasteiger partial charge in [-0.15, -0.1) is 22.7 Å². The minimum atomic E-state index is -0.0496. The van der Waals surface area contributed by atoms with E-state index in [2.05, 4.69) is 11.9 Å². The Kier molecular flexibility index (Phi) is 5.39. The molecular weight excluding hydrogens is 398 g/mol. The van der Waals surface area contributed by atoms with Crippen LogP contribution in [0.25, 0.3) is 20.7 Å². The van der Waals surface area contributed by atoms with Crippen LogP contribution in [0.4, 0.5) is 0 Å². The van der Waals surface area contributed by atoms with Gasteiger partial charge in [-0.05, 0) is 30.2 Å². The van der Waals surface area contributed by atoms with E-state index in [1.807, 2.05) is 27.8 Å². The summed E-state index contributed by atoms with van der Waals surface area (Å²) in [4.78, 5) is 33.9. The van der Waals surface area contributed by atoms with Crippen molar-refractivity contribution < 1.29 is 4.79 Å². The summed E-state index contributed by atoms with van der Waals surface area (Å²) in [5.41, 5.74) is 0.902. The van der Waals surface area contributed by atoms with Crippen LogP contribution in [0.15, 0.2) is 32.8 Å². The molecule has 0 atom stereocenters. The summed E-state index contributed by atoms with van der Waals surface area (Å²) < 4.78 is 1.57. The van der Waals surface area contributed by atoms with E-state index < -0.39 is 0 Å². The van der Waals surface area contributed by atoms with Crippen LogP contribution in [0.3, 0.4) is 0 Å². The van der Waals surface area contributed by atoms with E-state index in [1.54, 1.807) is 23.0 Å². The second-order valence-corrected chi connectivity index (χ2v) is 9.67. The number of carbonyl (C=O) groups is 1. The molecular formula is C19H21N3O2S3. The summed E-state index contributed by atoms with van der Waals surface area (Å²) in [6, 6.07) is 4.00. The van der Waals surface area contributed by atoms with Gasteiger partial charge in [0.25, 0.3) is 5.56 Å². The van der Waals surface area contributed by atoms with E-state index in [0.29, 0.717) is 22.2 Å². The highest BCUT2D eigenvalue weighted by Crippen LogP contribution is 2.34. The average molecular weight is 420 g/mol. The molecule has 0 radical (unpaired) electrons. The molecule has 142 valence electrons. The van der Waals surface area contributed by atoms with Crippen LogP contribution in [0, 0.1) is 5.92 Å². The Bertz CT molecular complexity index is 1010. The first kappa shape index (κ1) is 18.7. The Balaban J connectivity index is 1.55. The number of hydrogen-bond acceptors (Lipinski definition) is 6. The van der Waals surface area contributed by atoms with Gasteiger partial charge in [0.1, 0.15) is 4.83 Å². The normalized spacial score (nSPS) is 15.6. The molecule has 4 rings (SSSR count). The van der Waals surface area contributed by atoms with E-state index in [1.165, 1.54) is 23.1 Å². The number of nitrogens with zero attached hydrogens (tertiary/aromatic N) is 3. The lowest BCUT2D eigenvalue weighted by atomic mass is 9.99. The second-order valence-electron chi connectivity index (χ2n) is 6.92. The molecule has 4 heterocycles. The van der Waals surface area contributed by atoms with Crippen molar-refractivity contribution in [2.75, 3.05) is 18.8 Å². The molecule has 0 N–H and O–H groups in total. The fourth-order valence-electron chi connectivity index (χ4n) is 3.27. The van der Waals surface area contributed by atoms with Crippen LogP contribution in [0.1, 0.15) is 19.8 Å². The van der Waals surface area contributed by atoms with Crippen LogP contribution in [0.5, 0.6) is 0 Å². The van der Waals surface area contributed by atoms with Gasteiger partial charge in [-0.1, -0.05) is 24.8 Å². The summed E-state index contributed by atoms with van der Waals surface area (Å²) in [6.45, 7) is 3.90. The van der Waals surface area contributed by atoms with Gasteiger partial charge in [0.05, 0.1) is 11.1 Å². The molecule has 0 unspecified atom stereocenters. The van der Waals surface area contributed by atoms with Crippen molar-refractivity contribution in [1.82, 2.24) is 14.5 Å². The number of likely N-dealkylation sites (tertiary alicyclic amines) is 1. The molecule has 1 aliphatic rings. The Hall–Kier alpha value is -1.64. The number of fused-ring (bicyclic) bond motifs is 1. The highest BCUT2D eigenvalue weighted by Gasteiger charge is 2.21. The standard InChI is InChI=1S/C19H21N3O2S3/c1-12-5-7-22(8-6-12)15(23)11-27-19-20-17-16(18(24)21(19)2)13(10-26-17)14-4-3-9-25-14/h3-4,9-10,12H,5-8,11H2,1-2H3. The summed E-state index contributed by atoms with van der Waals surface area (Å²) >= 11 is 4.46. The number of carbonyl (C=O) groups excluding carboxylic acids is 1. The molecule has 0 aromatic carbocycles. The number of aromatic nitrogens is 2. The fourth-order valence-corrected chi connectivity index (χ4v) is 5.95. The van der Waals surface area contributed by atoms with E-state index in [-0.39, 0.29) is 11.5 Å². The van der Waals surface area contributed by atoms with Gasteiger partial charge < -0.3 is 4.90 Å². The lowest BCUT2D eigenvalue weighted by molar-refractivity contribution is -0.129. The molecule has 0 spiro atoms. The number of piperidine rings is 1. The molecule has 0 saturated carbocycles. The summed E-state index contributed by atoms with van der Waals surface area (Å²) in [5.74, 6) is 1.15. The van der Waals surface area contributed by atoms with Gasteiger partial charge in [0.15, 0.2) is 5.16 Å². The highest BCUT2D eigenvalue weighted by molar-refractivity contribution is 7.99. The summed E-state index contributed by atoms with van der Waals surface area (Å²) in [6.07, 6.45) is 2.14. The maximum Gasteiger partial charge on any atom is 0.263 e. The van der Waals surface area contributed by atoms with Crippen molar-refractivity contribution in [3.05, 3.63) is 33.2 Å². The molecule has 0 aliphatic carbocycles. The maximum absolute atomic E-state index is 12.9. The van der Waals surface area contributed by atoms with Gasteiger partial charge in [-0.2, -0.15) is 0 Å². The molecule has 1 aliphatic heterocycles. The topological polar surface area (TPSA) is 55.2 Å². The maximum atomic E-state index is 12.9. The minimum Gasteiger partial charge on any atom is -0.342 e. The first-order valence-corrected chi connectivity index (χ1v) is 11.7. The first-order valence-electron chi connectivity index (χ1n) is 8.97. The Morgan fingerprint density at radius 3 is 2.81 bits per heavy atom. The highest BCUT2D eigenvalue weighted by atomic mass is 32.2. The first-order chi connectivity index (χ1) is 13.0. The molecule has 8 heteroatoms. The third-order valence-corrected chi connectivity index (χ3v) is 7.81. The van der Waals surface area contributed by atoms with Crippen molar-refractivity contribution in [3.8, 4) is 10.4 Å². The quantitative estimate of drug-likeness (QED) is 0.472. The van der Waals surface area contributed by atoms with Crippen LogP contribution < -0.4 is 5.56 Å². The Labute approximate surface area is 170 Å². The van der Waals surface area contributed by atoms with Gasteiger partial charge >= 0.3 is 0 Å². The predicted octanol–water partition coefficient (Wildman–Crippen LogP) is 4.07. The zero-order valence-electron chi connectivity index (χ0n) is 15.3. The number of thiophene rings is 2. The summed E-state index contributed by atoms with van der Waals surface area (Å²) in [5, 5.41) is 5.28. The zero-order chi connectivity index (χ0) is 19.0. The molecule has 3 aromatic heterocycles. The summed E-state index contributed by atoms with van der Waals surface area (Å²) in [7, 11) is 1.74. The third kappa shape index (κ3) is 3.70. The minimum absolute atomic E-state index is 0.0496. The average Bonchev–Trinajstić information content (AvgIpc) is 3.33. The Morgan fingerprint density at radius 1 is 1.33 bits per heavy atom. The second kappa shape index (κ2) is 7.77. The van der Waals surface area contributed by atoms with E-state index >= 15 is 0 Å². The largest absolute Gasteiger partial charge is 0.342 e. The molecule has 1 amide bonds. The number of thioether (sulfide) groups is 1. The van der Waals surface area contributed by atoms with Crippen molar-refractivity contribution in [2.24, 2.45) is 13.0 Å². The molecule has 1 fully saturated rings. The molecule has 0 bridgehead atoms. The Morgan fingerprint density at radius 2 is 2.11 bits per heavy atom. The van der Waals surface area contributed by atoms with E-state index in [4.69, 9.17) is 0 Å². The molecule has 27 heavy (non-hydrogen) atoms. The monoisotopic (exact) mass is 419 g/mol. The number of amides is 1. The van der Waals surface area contributed by atoms with Crippen LogP contribution >= 0.6 is 34.4 Å². The van der Waals surface area contributed by atoms with Crippen LogP contribution in [-0.4, -0.2) is 39.2 Å².